The molecule has 2 N–H and O–H groups in total. The van der Waals surface area contributed by atoms with Crippen molar-refractivity contribution >= 4 is 23.7 Å². The second-order valence-corrected chi connectivity index (χ2v) is 5.89. The Kier molecular flexibility index (Phi) is 3.43. The van der Waals surface area contributed by atoms with Crippen molar-refractivity contribution < 1.29 is 19.8 Å². The summed E-state index contributed by atoms with van der Waals surface area (Å²) in [6.45, 7) is 0. The van der Waals surface area contributed by atoms with Crippen LogP contribution in [0.1, 0.15) is 17.0 Å². The van der Waals surface area contributed by atoms with Gasteiger partial charge in [-0.05, 0) is 23.3 Å². The van der Waals surface area contributed by atoms with Crippen molar-refractivity contribution in [1.82, 2.24) is 0 Å². The maximum Gasteiger partial charge on any atom is 0.318 e. The Bertz CT molecular complexity index is 666. The number of carbonyl (C=O) groups is 2. The summed E-state index contributed by atoms with van der Waals surface area (Å²) in [5.41, 5.74) is 1.52. The molecule has 0 atom stereocenters. The van der Waals surface area contributed by atoms with Gasteiger partial charge in [0.25, 0.3) is 0 Å². The molecule has 0 aromatic heterocycles. The molecule has 4 nitrogen and oxygen atoms in total. The predicted octanol–water partition coefficient (Wildman–Crippen LogP) is 3.07. The minimum absolute atomic E-state index is 0.673. The first-order valence-corrected chi connectivity index (χ1v) is 7.22. The summed E-state index contributed by atoms with van der Waals surface area (Å²) in [5.74, 6) is -4.80. The van der Waals surface area contributed by atoms with Gasteiger partial charge in [0, 0.05) is 15.7 Å². The minimum Gasteiger partial charge on any atom is -0.481 e. The highest BCUT2D eigenvalue weighted by atomic mass is 32.2. The molecule has 3 rings (SSSR count). The van der Waals surface area contributed by atoms with Gasteiger partial charge in [-0.2, -0.15) is 0 Å². The van der Waals surface area contributed by atoms with E-state index in [4.69, 9.17) is 0 Å². The normalized spacial score (nSPS) is 13.6. The van der Waals surface area contributed by atoms with Crippen molar-refractivity contribution in [1.29, 1.82) is 0 Å². The van der Waals surface area contributed by atoms with Gasteiger partial charge in [-0.15, -0.1) is 0 Å². The van der Waals surface area contributed by atoms with Crippen LogP contribution >= 0.6 is 11.8 Å². The lowest BCUT2D eigenvalue weighted by atomic mass is 9.80. The van der Waals surface area contributed by atoms with Crippen LogP contribution in [-0.4, -0.2) is 22.2 Å². The molecule has 0 amide bonds. The maximum absolute atomic E-state index is 11.5. The molecular weight excluding hydrogens is 288 g/mol. The molecule has 0 aliphatic carbocycles. The third kappa shape index (κ3) is 2.29. The van der Waals surface area contributed by atoms with Crippen molar-refractivity contribution in [3.63, 3.8) is 0 Å². The predicted molar refractivity (Wildman–Crippen MR) is 77.6 cm³/mol. The highest BCUT2D eigenvalue weighted by molar-refractivity contribution is 7.99. The fourth-order valence-electron chi connectivity index (χ4n) is 2.70. The van der Waals surface area contributed by atoms with Crippen LogP contribution in [-0.2, 0) is 9.59 Å². The number of rotatable bonds is 3. The van der Waals surface area contributed by atoms with Crippen LogP contribution in [0.2, 0.25) is 0 Å². The quantitative estimate of drug-likeness (QED) is 0.852. The largest absolute Gasteiger partial charge is 0.481 e. The second kappa shape index (κ2) is 5.26. The van der Waals surface area contributed by atoms with Crippen molar-refractivity contribution in [3.8, 4) is 0 Å². The Morgan fingerprint density at radius 1 is 0.857 bits per heavy atom. The molecule has 0 bridgehead atoms. The lowest BCUT2D eigenvalue weighted by molar-refractivity contribution is -0.155. The first kappa shape index (κ1) is 13.7. The maximum atomic E-state index is 11.5. The third-order valence-electron chi connectivity index (χ3n) is 3.59. The molecule has 2 aromatic carbocycles. The summed E-state index contributed by atoms with van der Waals surface area (Å²) in [7, 11) is 0. The van der Waals surface area contributed by atoms with E-state index in [0.717, 1.165) is 20.9 Å². The van der Waals surface area contributed by atoms with Gasteiger partial charge in [-0.1, -0.05) is 48.2 Å². The highest BCUT2D eigenvalue weighted by Crippen LogP contribution is 2.48. The summed E-state index contributed by atoms with van der Waals surface area (Å²) in [6, 6.07) is 14.7. The summed E-state index contributed by atoms with van der Waals surface area (Å²) in [6.07, 6.45) is 0. The fraction of sp³-hybridized carbons (Fsp3) is 0.125. The zero-order valence-corrected chi connectivity index (χ0v) is 11.7. The van der Waals surface area contributed by atoms with Crippen molar-refractivity contribution in [2.45, 2.75) is 15.7 Å². The van der Waals surface area contributed by atoms with E-state index in [-0.39, 0.29) is 0 Å². The van der Waals surface area contributed by atoms with Crippen LogP contribution in [0.25, 0.3) is 0 Å². The van der Waals surface area contributed by atoms with Crippen LogP contribution in [0.15, 0.2) is 58.3 Å². The average molecular weight is 300 g/mol. The van der Waals surface area contributed by atoms with Gasteiger partial charge in [0.2, 0.25) is 0 Å². The summed E-state index contributed by atoms with van der Waals surface area (Å²) in [5, 5.41) is 18.7. The van der Waals surface area contributed by atoms with E-state index in [1.165, 1.54) is 0 Å². The molecular formula is C16H12O4S. The van der Waals surface area contributed by atoms with Crippen molar-refractivity contribution in [2.75, 3.05) is 0 Å². The van der Waals surface area contributed by atoms with Crippen LogP contribution in [0.4, 0.5) is 0 Å². The number of hydrogen-bond donors (Lipinski definition) is 2. The fourth-order valence-corrected chi connectivity index (χ4v) is 3.85. The Hall–Kier alpha value is -2.27. The highest BCUT2D eigenvalue weighted by Gasteiger charge is 2.40. The van der Waals surface area contributed by atoms with Crippen LogP contribution in [0, 0.1) is 5.92 Å². The molecule has 21 heavy (non-hydrogen) atoms. The number of benzene rings is 2. The van der Waals surface area contributed by atoms with Gasteiger partial charge in [0.05, 0.1) is 0 Å². The zero-order chi connectivity index (χ0) is 15.0. The third-order valence-corrected chi connectivity index (χ3v) is 4.78. The van der Waals surface area contributed by atoms with Gasteiger partial charge < -0.3 is 10.2 Å². The van der Waals surface area contributed by atoms with Gasteiger partial charge in [0.15, 0.2) is 5.92 Å². The standard InChI is InChI=1S/C16H12O4S/c17-15(18)14(16(19)20)13-9-5-1-3-7-11(9)21-12-8-4-2-6-10(12)13/h1-8,13-14H,(H,17,18)(H,19,20). The van der Waals surface area contributed by atoms with Crippen LogP contribution < -0.4 is 0 Å². The van der Waals surface area contributed by atoms with E-state index in [0.29, 0.717) is 0 Å². The monoisotopic (exact) mass is 300 g/mol. The Labute approximate surface area is 125 Å². The first-order chi connectivity index (χ1) is 10.1. The van der Waals surface area contributed by atoms with E-state index in [9.17, 15) is 19.8 Å². The minimum atomic E-state index is -1.49. The number of carboxylic acids is 2. The van der Waals surface area contributed by atoms with Gasteiger partial charge in [0.1, 0.15) is 0 Å². The molecule has 106 valence electrons. The lowest BCUT2D eigenvalue weighted by Crippen LogP contribution is -2.32. The molecule has 0 fully saturated rings. The SMILES string of the molecule is O=C(O)C(C(=O)O)C1c2ccccc2Sc2ccccc21. The average Bonchev–Trinajstić information content (AvgIpc) is 2.46. The number of carboxylic acid groups (broad SMARTS) is 2. The number of hydrogen-bond acceptors (Lipinski definition) is 3. The molecule has 0 saturated heterocycles. The topological polar surface area (TPSA) is 74.6 Å². The van der Waals surface area contributed by atoms with E-state index in [1.807, 2.05) is 36.4 Å². The van der Waals surface area contributed by atoms with E-state index >= 15 is 0 Å². The van der Waals surface area contributed by atoms with Crippen molar-refractivity contribution in [2.24, 2.45) is 5.92 Å². The Morgan fingerprint density at radius 3 is 1.71 bits per heavy atom. The number of fused-ring (bicyclic) bond motifs is 2. The molecule has 5 heteroatoms. The lowest BCUT2D eigenvalue weighted by Gasteiger charge is -2.30. The van der Waals surface area contributed by atoms with E-state index in [2.05, 4.69) is 0 Å². The van der Waals surface area contributed by atoms with Crippen LogP contribution in [0.5, 0.6) is 0 Å². The molecule has 1 aliphatic rings. The van der Waals surface area contributed by atoms with Crippen LogP contribution in [0.3, 0.4) is 0 Å². The van der Waals surface area contributed by atoms with E-state index < -0.39 is 23.8 Å². The number of aliphatic carboxylic acids is 2. The molecule has 0 radical (unpaired) electrons. The second-order valence-electron chi connectivity index (χ2n) is 4.81. The summed E-state index contributed by atoms with van der Waals surface area (Å²) >= 11 is 1.54. The summed E-state index contributed by atoms with van der Waals surface area (Å²) < 4.78 is 0. The molecule has 0 saturated carbocycles. The van der Waals surface area contributed by atoms with Gasteiger partial charge in [-0.25, -0.2) is 0 Å². The van der Waals surface area contributed by atoms with Gasteiger partial charge >= 0.3 is 11.9 Å². The first-order valence-electron chi connectivity index (χ1n) is 6.41. The summed E-state index contributed by atoms with van der Waals surface area (Å²) in [4.78, 5) is 24.8. The smallest absolute Gasteiger partial charge is 0.318 e. The Balaban J connectivity index is 2.23. The Morgan fingerprint density at radius 2 is 1.29 bits per heavy atom. The van der Waals surface area contributed by atoms with Gasteiger partial charge in [-0.3, -0.25) is 9.59 Å². The molecule has 0 spiro atoms. The van der Waals surface area contributed by atoms with Crippen molar-refractivity contribution in [3.05, 3.63) is 59.7 Å². The zero-order valence-electron chi connectivity index (χ0n) is 10.9. The molecule has 0 unspecified atom stereocenters. The molecule has 1 heterocycles. The molecule has 1 aliphatic heterocycles. The molecule has 2 aromatic rings. The van der Waals surface area contributed by atoms with E-state index in [1.54, 1.807) is 23.9 Å².